The van der Waals surface area contributed by atoms with Crippen molar-refractivity contribution in [1.29, 1.82) is 0 Å². The summed E-state index contributed by atoms with van der Waals surface area (Å²) in [5.74, 6) is -0.207. The van der Waals surface area contributed by atoms with Crippen LogP contribution < -0.4 is 5.32 Å². The van der Waals surface area contributed by atoms with Gasteiger partial charge in [0, 0.05) is 17.1 Å². The van der Waals surface area contributed by atoms with Gasteiger partial charge in [0.1, 0.15) is 11.6 Å². The molecule has 2 heterocycles. The van der Waals surface area contributed by atoms with E-state index in [1.807, 2.05) is 0 Å². The highest BCUT2D eigenvalue weighted by atomic mass is 79.9. The Labute approximate surface area is 134 Å². The Morgan fingerprint density at radius 2 is 2.05 bits per heavy atom. The SMILES string of the molecule is O=C(Nc1ccc(Br)cn1)[C@@H]1CC(c2ccc(F)cc2)=NO1. The fourth-order valence-electron chi connectivity index (χ4n) is 1.99. The van der Waals surface area contributed by atoms with Crippen molar-refractivity contribution in [3.8, 4) is 0 Å². The predicted molar refractivity (Wildman–Crippen MR) is 83.0 cm³/mol. The summed E-state index contributed by atoms with van der Waals surface area (Å²) < 4.78 is 13.7. The van der Waals surface area contributed by atoms with Crippen molar-refractivity contribution in [3.05, 3.63) is 58.4 Å². The van der Waals surface area contributed by atoms with Gasteiger partial charge < -0.3 is 10.2 Å². The van der Waals surface area contributed by atoms with Crippen LogP contribution in [0.3, 0.4) is 0 Å². The van der Waals surface area contributed by atoms with Gasteiger partial charge in [-0.15, -0.1) is 0 Å². The number of nitrogens with one attached hydrogen (secondary N) is 1. The first-order valence-electron chi connectivity index (χ1n) is 6.53. The molecule has 1 aliphatic rings. The van der Waals surface area contributed by atoms with E-state index in [2.05, 4.69) is 31.4 Å². The first-order chi connectivity index (χ1) is 10.6. The molecule has 3 rings (SSSR count). The van der Waals surface area contributed by atoms with Gasteiger partial charge in [0.2, 0.25) is 6.10 Å². The first-order valence-corrected chi connectivity index (χ1v) is 7.32. The third-order valence-corrected chi connectivity index (χ3v) is 3.59. The molecule has 1 aromatic carbocycles. The molecule has 7 heteroatoms. The monoisotopic (exact) mass is 363 g/mol. The molecule has 0 aliphatic carbocycles. The number of carbonyl (C=O) groups is 1. The van der Waals surface area contributed by atoms with Crippen LogP contribution in [-0.4, -0.2) is 22.7 Å². The highest BCUT2D eigenvalue weighted by Gasteiger charge is 2.29. The fourth-order valence-corrected chi connectivity index (χ4v) is 2.22. The van der Waals surface area contributed by atoms with Crippen molar-refractivity contribution in [2.45, 2.75) is 12.5 Å². The van der Waals surface area contributed by atoms with Crippen molar-refractivity contribution in [3.63, 3.8) is 0 Å². The Kier molecular flexibility index (Phi) is 4.15. The predicted octanol–water partition coefficient (Wildman–Crippen LogP) is 3.11. The smallest absolute Gasteiger partial charge is 0.269 e. The minimum absolute atomic E-state index is 0.320. The normalized spacial score (nSPS) is 16.8. The average Bonchev–Trinajstić information content (AvgIpc) is 3.00. The highest BCUT2D eigenvalue weighted by molar-refractivity contribution is 9.10. The Morgan fingerprint density at radius 1 is 1.27 bits per heavy atom. The second-order valence-electron chi connectivity index (χ2n) is 4.69. The number of benzene rings is 1. The molecule has 1 aliphatic heterocycles. The van der Waals surface area contributed by atoms with Crippen LogP contribution in [0.1, 0.15) is 12.0 Å². The van der Waals surface area contributed by atoms with Crippen LogP contribution in [0.25, 0.3) is 0 Å². The van der Waals surface area contributed by atoms with E-state index in [1.165, 1.54) is 12.1 Å². The van der Waals surface area contributed by atoms with Crippen molar-refractivity contribution in [1.82, 2.24) is 4.98 Å². The molecule has 1 aromatic heterocycles. The molecular formula is C15H11BrFN3O2. The van der Waals surface area contributed by atoms with Crippen LogP contribution >= 0.6 is 15.9 Å². The van der Waals surface area contributed by atoms with Gasteiger partial charge in [-0.2, -0.15) is 0 Å². The molecule has 1 amide bonds. The molecule has 5 nitrogen and oxygen atoms in total. The summed E-state index contributed by atoms with van der Waals surface area (Å²) in [6.07, 6.45) is 1.20. The van der Waals surface area contributed by atoms with Crippen molar-refractivity contribution < 1.29 is 14.0 Å². The van der Waals surface area contributed by atoms with E-state index in [0.29, 0.717) is 18.0 Å². The zero-order chi connectivity index (χ0) is 15.5. The Bertz CT molecular complexity index is 717. The lowest BCUT2D eigenvalue weighted by Gasteiger charge is -2.08. The number of hydrogen-bond acceptors (Lipinski definition) is 4. The molecule has 0 saturated heterocycles. The van der Waals surface area contributed by atoms with E-state index in [9.17, 15) is 9.18 Å². The molecule has 0 fully saturated rings. The number of oxime groups is 1. The topological polar surface area (TPSA) is 63.6 Å². The molecule has 0 spiro atoms. The summed E-state index contributed by atoms with van der Waals surface area (Å²) in [6.45, 7) is 0. The van der Waals surface area contributed by atoms with Crippen molar-refractivity contribution >= 4 is 33.4 Å². The number of aromatic nitrogens is 1. The number of hydrogen-bond donors (Lipinski definition) is 1. The molecule has 1 N–H and O–H groups in total. The van der Waals surface area contributed by atoms with Crippen molar-refractivity contribution in [2.75, 3.05) is 5.32 Å². The highest BCUT2D eigenvalue weighted by Crippen LogP contribution is 2.19. The van der Waals surface area contributed by atoms with Crippen LogP contribution in [0.2, 0.25) is 0 Å². The second kappa shape index (κ2) is 6.23. The summed E-state index contributed by atoms with van der Waals surface area (Å²) in [6, 6.07) is 9.35. The van der Waals surface area contributed by atoms with Crippen LogP contribution in [0, 0.1) is 5.82 Å². The van der Waals surface area contributed by atoms with Crippen molar-refractivity contribution in [2.24, 2.45) is 5.16 Å². The summed E-state index contributed by atoms with van der Waals surface area (Å²) in [4.78, 5) is 21.3. The van der Waals surface area contributed by atoms with Crippen LogP contribution in [0.5, 0.6) is 0 Å². The average molecular weight is 364 g/mol. The maximum atomic E-state index is 12.9. The quantitative estimate of drug-likeness (QED) is 0.910. The van der Waals surface area contributed by atoms with Gasteiger partial charge >= 0.3 is 0 Å². The molecule has 1 atom stereocenters. The molecular weight excluding hydrogens is 353 g/mol. The maximum absolute atomic E-state index is 12.9. The minimum Gasteiger partial charge on any atom is -0.382 e. The molecule has 0 unspecified atom stereocenters. The third kappa shape index (κ3) is 3.30. The molecule has 0 bridgehead atoms. The molecule has 0 saturated carbocycles. The van der Waals surface area contributed by atoms with Gasteiger partial charge in [-0.3, -0.25) is 4.79 Å². The number of carbonyl (C=O) groups excluding carboxylic acids is 1. The minimum atomic E-state index is -0.717. The lowest BCUT2D eigenvalue weighted by atomic mass is 10.0. The van der Waals surface area contributed by atoms with Gasteiger partial charge in [-0.25, -0.2) is 9.37 Å². The van der Waals surface area contributed by atoms with Crippen LogP contribution in [0.15, 0.2) is 52.2 Å². The van der Waals surface area contributed by atoms with Gasteiger partial charge in [0.15, 0.2) is 0 Å². The molecule has 22 heavy (non-hydrogen) atoms. The van der Waals surface area contributed by atoms with E-state index in [-0.39, 0.29) is 11.7 Å². The van der Waals surface area contributed by atoms with Gasteiger partial charge in [0.05, 0.1) is 5.71 Å². The second-order valence-corrected chi connectivity index (χ2v) is 5.61. The molecule has 0 radical (unpaired) electrons. The third-order valence-electron chi connectivity index (χ3n) is 3.12. The van der Waals surface area contributed by atoms with Gasteiger partial charge in [0.25, 0.3) is 5.91 Å². The lowest BCUT2D eigenvalue weighted by Crippen LogP contribution is -2.28. The van der Waals surface area contributed by atoms with E-state index >= 15 is 0 Å². The molecule has 112 valence electrons. The lowest BCUT2D eigenvalue weighted by molar-refractivity contribution is -0.125. The summed E-state index contributed by atoms with van der Waals surface area (Å²) in [5, 5.41) is 6.56. The maximum Gasteiger partial charge on any atom is 0.269 e. The fraction of sp³-hybridized carbons (Fsp3) is 0.133. The van der Waals surface area contributed by atoms with E-state index in [1.54, 1.807) is 30.5 Å². The Hall–Kier alpha value is -2.28. The van der Waals surface area contributed by atoms with Gasteiger partial charge in [-0.1, -0.05) is 17.3 Å². The van der Waals surface area contributed by atoms with Crippen LogP contribution in [0.4, 0.5) is 10.2 Å². The standard InChI is InChI=1S/C15H11BrFN3O2/c16-10-3-6-14(18-8-10)19-15(21)13-7-12(20-22-13)9-1-4-11(17)5-2-9/h1-6,8,13H,7H2,(H,18,19,21)/t13-/m0/s1. The number of rotatable bonds is 3. The van der Waals surface area contributed by atoms with E-state index in [0.717, 1.165) is 10.0 Å². The summed E-state index contributed by atoms with van der Waals surface area (Å²) in [5.41, 5.74) is 1.35. The first kappa shape index (κ1) is 14.6. The zero-order valence-corrected chi connectivity index (χ0v) is 12.9. The number of halogens is 2. The number of anilines is 1. The summed E-state index contributed by atoms with van der Waals surface area (Å²) >= 11 is 3.27. The Balaban J connectivity index is 1.62. The van der Waals surface area contributed by atoms with Gasteiger partial charge in [-0.05, 0) is 45.8 Å². The number of pyridine rings is 1. The largest absolute Gasteiger partial charge is 0.382 e. The molecule has 2 aromatic rings. The summed E-state index contributed by atoms with van der Waals surface area (Å²) in [7, 11) is 0. The van der Waals surface area contributed by atoms with E-state index < -0.39 is 6.10 Å². The number of amides is 1. The zero-order valence-electron chi connectivity index (χ0n) is 11.3. The van der Waals surface area contributed by atoms with E-state index in [4.69, 9.17) is 4.84 Å². The number of nitrogens with zero attached hydrogens (tertiary/aromatic N) is 2. The van der Waals surface area contributed by atoms with Crippen LogP contribution in [-0.2, 0) is 9.63 Å². The Morgan fingerprint density at radius 3 is 2.73 bits per heavy atom.